The number of carboxylic acid groups (broad SMARTS) is 1. The predicted molar refractivity (Wildman–Crippen MR) is 131 cm³/mol. The topological polar surface area (TPSA) is 138 Å². The van der Waals surface area contributed by atoms with Crippen molar-refractivity contribution in [2.45, 2.75) is 52.2 Å². The molecule has 2 aromatic rings. The predicted octanol–water partition coefficient (Wildman–Crippen LogP) is 3.44. The number of aromatic nitrogens is 1. The highest BCUT2D eigenvalue weighted by atomic mass is 32.1. The molecule has 1 aliphatic heterocycles. The number of nitrogen functional groups attached to an aromatic ring is 1. The minimum Gasteiger partial charge on any atom is -0.481 e. The molecule has 1 fully saturated rings. The zero-order chi connectivity index (χ0) is 25.0. The van der Waals surface area contributed by atoms with Gasteiger partial charge in [-0.2, -0.15) is 0 Å². The van der Waals surface area contributed by atoms with Crippen LogP contribution in [-0.4, -0.2) is 64.2 Å². The number of hydrogen-bond donors (Lipinski definition) is 3. The Morgan fingerprint density at radius 3 is 2.59 bits per heavy atom. The largest absolute Gasteiger partial charge is 0.481 e. The van der Waals surface area contributed by atoms with Gasteiger partial charge in [-0.3, -0.25) is 9.59 Å². The number of para-hydroxylation sites is 2. The molecule has 0 spiro atoms. The molecule has 0 radical (unpaired) electrons. The first-order valence-electron chi connectivity index (χ1n) is 11.1. The van der Waals surface area contributed by atoms with Gasteiger partial charge in [-0.25, -0.2) is 9.78 Å². The van der Waals surface area contributed by atoms with Crippen LogP contribution in [0.4, 0.5) is 21.2 Å². The van der Waals surface area contributed by atoms with Gasteiger partial charge in [0, 0.05) is 32.1 Å². The fourth-order valence-corrected chi connectivity index (χ4v) is 4.66. The van der Waals surface area contributed by atoms with Crippen LogP contribution < -0.4 is 16.0 Å². The summed E-state index contributed by atoms with van der Waals surface area (Å²) in [5.74, 6) is -1.35. The molecule has 0 bridgehead atoms. The maximum Gasteiger partial charge on any atom is 0.410 e. The van der Waals surface area contributed by atoms with E-state index in [9.17, 15) is 14.4 Å². The summed E-state index contributed by atoms with van der Waals surface area (Å²) in [4.78, 5) is 44.9. The fraction of sp³-hybridized carbons (Fsp3) is 0.478. The molecule has 1 atom stereocenters. The normalized spacial score (nSPS) is 16.3. The molecular formula is C23H31N5O5S. The van der Waals surface area contributed by atoms with Crippen LogP contribution in [0, 0.1) is 0 Å². The Hall–Kier alpha value is -3.34. The highest BCUT2D eigenvalue weighted by molar-refractivity contribution is 7.16. The Bertz CT molecular complexity index is 1060. The lowest BCUT2D eigenvalue weighted by molar-refractivity contribution is -0.136. The van der Waals surface area contributed by atoms with Crippen molar-refractivity contribution >= 4 is 45.7 Å². The third-order valence-electron chi connectivity index (χ3n) is 5.17. The van der Waals surface area contributed by atoms with Gasteiger partial charge >= 0.3 is 12.1 Å². The molecule has 1 saturated heterocycles. The summed E-state index contributed by atoms with van der Waals surface area (Å²) in [5, 5.41) is 13.1. The molecule has 0 unspecified atom stereocenters. The SMILES string of the molecule is C[C@@H]1CN(c2sc(CCC(=O)O)nc2C(=O)Nc2ccccc2N)CCN1C(=O)OC(C)(C)C. The maximum atomic E-state index is 13.1. The maximum absolute atomic E-state index is 13.1. The van der Waals surface area contributed by atoms with Crippen LogP contribution in [0.3, 0.4) is 0 Å². The van der Waals surface area contributed by atoms with E-state index in [-0.39, 0.29) is 30.7 Å². The number of aliphatic carboxylic acids is 1. The van der Waals surface area contributed by atoms with Crippen molar-refractivity contribution in [3.8, 4) is 0 Å². The zero-order valence-electron chi connectivity index (χ0n) is 19.8. The molecule has 4 N–H and O–H groups in total. The highest BCUT2D eigenvalue weighted by Gasteiger charge is 2.33. The number of carbonyl (C=O) groups is 3. The molecule has 34 heavy (non-hydrogen) atoms. The number of nitrogens with one attached hydrogen (secondary N) is 1. The number of anilines is 3. The minimum atomic E-state index is -0.931. The van der Waals surface area contributed by atoms with E-state index in [4.69, 9.17) is 15.6 Å². The van der Waals surface area contributed by atoms with E-state index in [1.807, 2.05) is 32.6 Å². The van der Waals surface area contributed by atoms with Crippen LogP contribution in [0.25, 0.3) is 0 Å². The molecule has 2 heterocycles. The quantitative estimate of drug-likeness (QED) is 0.525. The van der Waals surface area contributed by atoms with Gasteiger partial charge in [0.15, 0.2) is 5.69 Å². The van der Waals surface area contributed by atoms with Crippen LogP contribution in [0.1, 0.15) is 49.6 Å². The Labute approximate surface area is 202 Å². The summed E-state index contributed by atoms with van der Waals surface area (Å²) < 4.78 is 5.51. The number of carbonyl (C=O) groups excluding carboxylic acids is 2. The average molecular weight is 490 g/mol. The fourth-order valence-electron chi connectivity index (χ4n) is 3.56. The van der Waals surface area contributed by atoms with Crippen LogP contribution >= 0.6 is 11.3 Å². The number of aryl methyl sites for hydroxylation is 1. The second-order valence-electron chi connectivity index (χ2n) is 9.17. The van der Waals surface area contributed by atoms with E-state index in [1.165, 1.54) is 11.3 Å². The lowest BCUT2D eigenvalue weighted by Gasteiger charge is -2.40. The van der Waals surface area contributed by atoms with E-state index in [1.54, 1.807) is 29.2 Å². The summed E-state index contributed by atoms with van der Waals surface area (Å²) in [6, 6.07) is 6.77. The Morgan fingerprint density at radius 1 is 1.26 bits per heavy atom. The molecule has 1 aromatic heterocycles. The third kappa shape index (κ3) is 6.37. The molecule has 3 rings (SSSR count). The van der Waals surface area contributed by atoms with Gasteiger partial charge in [0.1, 0.15) is 10.6 Å². The summed E-state index contributed by atoms with van der Waals surface area (Å²) in [6.45, 7) is 8.79. The lowest BCUT2D eigenvalue weighted by Crippen LogP contribution is -2.55. The number of rotatable bonds is 6. The molecule has 11 heteroatoms. The Morgan fingerprint density at radius 2 is 1.97 bits per heavy atom. The standard InChI is InChI=1S/C23H31N5O5S/c1-14-13-27(11-12-28(14)22(32)33-23(2,3)4)21-19(26-17(34-21)9-10-18(29)30)20(31)25-16-8-6-5-7-15(16)24/h5-8,14H,9-13,24H2,1-4H3,(H,25,31)(H,29,30)/t14-/m1/s1. The van der Waals surface area contributed by atoms with E-state index >= 15 is 0 Å². The number of piperazine rings is 1. The van der Waals surface area contributed by atoms with Crippen molar-refractivity contribution < 1.29 is 24.2 Å². The summed E-state index contributed by atoms with van der Waals surface area (Å²) in [5.41, 5.74) is 6.49. The smallest absolute Gasteiger partial charge is 0.410 e. The van der Waals surface area contributed by atoms with E-state index < -0.39 is 17.5 Å². The first kappa shape index (κ1) is 25.3. The van der Waals surface area contributed by atoms with E-state index in [0.717, 1.165) is 0 Å². The monoisotopic (exact) mass is 489 g/mol. The van der Waals surface area contributed by atoms with Crippen molar-refractivity contribution in [3.63, 3.8) is 0 Å². The van der Waals surface area contributed by atoms with Gasteiger partial charge < -0.3 is 30.7 Å². The second-order valence-corrected chi connectivity index (χ2v) is 10.2. The number of nitrogens with zero attached hydrogens (tertiary/aromatic N) is 3. The molecule has 1 aromatic carbocycles. The molecule has 10 nitrogen and oxygen atoms in total. The summed E-state index contributed by atoms with van der Waals surface area (Å²) >= 11 is 1.30. The second kappa shape index (κ2) is 10.3. The molecule has 2 amide bonds. The van der Waals surface area contributed by atoms with Gasteiger partial charge in [0.25, 0.3) is 5.91 Å². The number of benzene rings is 1. The Balaban J connectivity index is 1.82. The molecule has 0 aliphatic carbocycles. The van der Waals surface area contributed by atoms with Gasteiger partial charge in [0.05, 0.1) is 22.8 Å². The van der Waals surface area contributed by atoms with Crippen molar-refractivity contribution in [1.29, 1.82) is 0 Å². The summed E-state index contributed by atoms with van der Waals surface area (Å²) in [7, 11) is 0. The van der Waals surface area contributed by atoms with Crippen molar-refractivity contribution in [2.24, 2.45) is 0 Å². The molecule has 1 aliphatic rings. The van der Waals surface area contributed by atoms with Gasteiger partial charge in [0.2, 0.25) is 0 Å². The summed E-state index contributed by atoms with van der Waals surface area (Å²) in [6.07, 6.45) is -0.229. The average Bonchev–Trinajstić information content (AvgIpc) is 3.17. The number of thiazole rings is 1. The first-order valence-corrected chi connectivity index (χ1v) is 11.9. The van der Waals surface area contributed by atoms with E-state index in [2.05, 4.69) is 10.3 Å². The number of ether oxygens (including phenoxy) is 1. The first-order chi connectivity index (χ1) is 15.9. The van der Waals surface area contributed by atoms with Gasteiger partial charge in [-0.05, 0) is 39.8 Å². The van der Waals surface area contributed by atoms with Crippen LogP contribution in [0.15, 0.2) is 24.3 Å². The zero-order valence-corrected chi connectivity index (χ0v) is 20.6. The number of amides is 2. The number of hydrogen-bond acceptors (Lipinski definition) is 8. The Kier molecular flexibility index (Phi) is 7.65. The van der Waals surface area contributed by atoms with Gasteiger partial charge in [-0.15, -0.1) is 11.3 Å². The molecule has 0 saturated carbocycles. The number of carboxylic acids is 1. The lowest BCUT2D eigenvalue weighted by atomic mass is 10.2. The highest BCUT2D eigenvalue weighted by Crippen LogP contribution is 2.33. The third-order valence-corrected chi connectivity index (χ3v) is 6.35. The van der Waals surface area contributed by atoms with Crippen molar-refractivity contribution in [2.75, 3.05) is 35.6 Å². The van der Waals surface area contributed by atoms with Crippen LogP contribution in [0.2, 0.25) is 0 Å². The number of nitrogens with two attached hydrogens (primary N) is 1. The van der Waals surface area contributed by atoms with Crippen LogP contribution in [0.5, 0.6) is 0 Å². The van der Waals surface area contributed by atoms with Crippen molar-refractivity contribution in [3.05, 3.63) is 35.0 Å². The molecular weight excluding hydrogens is 458 g/mol. The minimum absolute atomic E-state index is 0.0809. The van der Waals surface area contributed by atoms with Gasteiger partial charge in [-0.1, -0.05) is 12.1 Å². The molecule has 184 valence electrons. The van der Waals surface area contributed by atoms with E-state index in [0.29, 0.717) is 41.0 Å². The van der Waals surface area contributed by atoms with Crippen molar-refractivity contribution in [1.82, 2.24) is 9.88 Å². The van der Waals surface area contributed by atoms with Crippen LogP contribution in [-0.2, 0) is 16.0 Å².